The number of amides is 1. The molecule has 0 saturated heterocycles. The maximum atomic E-state index is 12.0. The Morgan fingerprint density at radius 2 is 2.00 bits per heavy atom. The van der Waals surface area contributed by atoms with Gasteiger partial charge in [0.25, 0.3) is 0 Å². The van der Waals surface area contributed by atoms with Crippen molar-refractivity contribution in [1.82, 2.24) is 5.16 Å². The van der Waals surface area contributed by atoms with Gasteiger partial charge in [0, 0.05) is 12.5 Å². The molecule has 0 fully saturated rings. The van der Waals surface area contributed by atoms with Crippen LogP contribution in [0.1, 0.15) is 18.6 Å². The van der Waals surface area contributed by atoms with Gasteiger partial charge in [-0.3, -0.25) is 4.79 Å². The van der Waals surface area contributed by atoms with Crippen molar-refractivity contribution in [1.29, 1.82) is 0 Å². The van der Waals surface area contributed by atoms with Crippen LogP contribution in [0.4, 0.5) is 5.82 Å². The molecule has 0 aliphatic heterocycles. The average Bonchev–Trinajstić information content (AvgIpc) is 2.85. The van der Waals surface area contributed by atoms with Gasteiger partial charge in [-0.1, -0.05) is 23.4 Å². The molecule has 0 saturated carbocycles. The molecule has 1 amide bonds. The highest BCUT2D eigenvalue weighted by Gasteiger charge is 2.14. The fraction of sp³-hybridized carbons (Fsp3) is 0.286. The molecule has 1 aromatic carbocycles. The Bertz CT molecular complexity index is 708. The molecule has 7 heteroatoms. The van der Waals surface area contributed by atoms with Gasteiger partial charge in [-0.05, 0) is 25.5 Å². The smallest absolute Gasteiger partial charge is 0.225 e. The number of anilines is 1. The van der Waals surface area contributed by atoms with Crippen LogP contribution in [0.5, 0.6) is 0 Å². The minimum absolute atomic E-state index is 0.0672. The van der Waals surface area contributed by atoms with Gasteiger partial charge in [-0.15, -0.1) is 0 Å². The van der Waals surface area contributed by atoms with Crippen molar-refractivity contribution in [2.45, 2.75) is 24.7 Å². The summed E-state index contributed by atoms with van der Waals surface area (Å²) >= 11 is 0. The van der Waals surface area contributed by atoms with E-state index in [4.69, 9.17) is 4.52 Å². The molecule has 2 rings (SSSR count). The lowest BCUT2D eigenvalue weighted by Gasteiger charge is -2.04. The lowest BCUT2D eigenvalue weighted by atomic mass is 10.3. The van der Waals surface area contributed by atoms with E-state index in [2.05, 4.69) is 10.5 Å². The van der Waals surface area contributed by atoms with Crippen molar-refractivity contribution in [2.75, 3.05) is 11.1 Å². The number of nitrogens with zero attached hydrogens (tertiary/aromatic N) is 1. The van der Waals surface area contributed by atoms with Crippen LogP contribution in [-0.4, -0.2) is 25.2 Å². The average molecular weight is 308 g/mol. The first-order valence-electron chi connectivity index (χ1n) is 6.48. The van der Waals surface area contributed by atoms with Crippen molar-refractivity contribution in [3.63, 3.8) is 0 Å². The summed E-state index contributed by atoms with van der Waals surface area (Å²) in [5.41, 5.74) is 0. The van der Waals surface area contributed by atoms with Gasteiger partial charge in [0.1, 0.15) is 5.76 Å². The van der Waals surface area contributed by atoms with Crippen LogP contribution < -0.4 is 5.32 Å². The Kier molecular flexibility index (Phi) is 4.74. The summed E-state index contributed by atoms with van der Waals surface area (Å²) in [7, 11) is -3.34. The molecule has 0 aliphatic carbocycles. The molecule has 0 atom stereocenters. The van der Waals surface area contributed by atoms with E-state index < -0.39 is 9.84 Å². The second-order valence-corrected chi connectivity index (χ2v) is 6.72. The van der Waals surface area contributed by atoms with E-state index in [-0.39, 0.29) is 29.4 Å². The second-order valence-electron chi connectivity index (χ2n) is 4.61. The summed E-state index contributed by atoms with van der Waals surface area (Å²) in [5, 5.41) is 6.19. The predicted molar refractivity (Wildman–Crippen MR) is 77.6 cm³/mol. The molecule has 1 heterocycles. The van der Waals surface area contributed by atoms with Crippen molar-refractivity contribution < 1.29 is 17.7 Å². The molecular weight excluding hydrogens is 292 g/mol. The first kappa shape index (κ1) is 15.2. The van der Waals surface area contributed by atoms with E-state index in [9.17, 15) is 13.2 Å². The lowest BCUT2D eigenvalue weighted by Crippen LogP contribution is -2.14. The monoisotopic (exact) mass is 308 g/mol. The van der Waals surface area contributed by atoms with Crippen LogP contribution in [0.25, 0.3) is 0 Å². The maximum absolute atomic E-state index is 12.0. The lowest BCUT2D eigenvalue weighted by molar-refractivity contribution is -0.116. The summed E-state index contributed by atoms with van der Waals surface area (Å²) < 4.78 is 28.9. The Morgan fingerprint density at radius 3 is 2.62 bits per heavy atom. The van der Waals surface area contributed by atoms with E-state index in [1.54, 1.807) is 43.3 Å². The molecular formula is C14H16N2O4S. The van der Waals surface area contributed by atoms with E-state index in [1.165, 1.54) is 0 Å². The van der Waals surface area contributed by atoms with Crippen LogP contribution in [0, 0.1) is 6.92 Å². The highest BCUT2D eigenvalue weighted by atomic mass is 32.2. The Balaban J connectivity index is 1.82. The first-order chi connectivity index (χ1) is 9.97. The Morgan fingerprint density at radius 1 is 1.29 bits per heavy atom. The minimum Gasteiger partial charge on any atom is -0.360 e. The Hall–Kier alpha value is -2.15. The van der Waals surface area contributed by atoms with E-state index in [0.29, 0.717) is 11.6 Å². The Labute approximate surface area is 123 Å². The number of hydrogen-bond acceptors (Lipinski definition) is 5. The molecule has 0 bridgehead atoms. The number of carbonyl (C=O) groups is 1. The number of aromatic nitrogens is 1. The summed E-state index contributed by atoms with van der Waals surface area (Å²) in [6, 6.07) is 9.80. The van der Waals surface area contributed by atoms with Crippen molar-refractivity contribution in [2.24, 2.45) is 0 Å². The van der Waals surface area contributed by atoms with Gasteiger partial charge in [-0.25, -0.2) is 8.42 Å². The quantitative estimate of drug-likeness (QED) is 0.883. The number of benzene rings is 1. The van der Waals surface area contributed by atoms with E-state index in [1.807, 2.05) is 0 Å². The number of rotatable bonds is 6. The SMILES string of the molecule is Cc1cc(NC(=O)CCCS(=O)(=O)c2ccccc2)no1. The zero-order valence-electron chi connectivity index (χ0n) is 11.6. The number of aryl methyl sites for hydroxylation is 1. The zero-order chi connectivity index (χ0) is 15.3. The van der Waals surface area contributed by atoms with Gasteiger partial charge in [0.05, 0.1) is 10.6 Å². The summed E-state index contributed by atoms with van der Waals surface area (Å²) in [6.07, 6.45) is 0.359. The summed E-state index contributed by atoms with van der Waals surface area (Å²) in [4.78, 5) is 11.9. The fourth-order valence-electron chi connectivity index (χ4n) is 1.80. The van der Waals surface area contributed by atoms with Crippen LogP contribution in [0.3, 0.4) is 0 Å². The zero-order valence-corrected chi connectivity index (χ0v) is 12.4. The molecule has 0 aliphatic rings. The molecule has 21 heavy (non-hydrogen) atoms. The normalized spacial score (nSPS) is 11.3. The third-order valence-corrected chi connectivity index (χ3v) is 4.63. The number of hydrogen-bond donors (Lipinski definition) is 1. The second kappa shape index (κ2) is 6.53. The number of carbonyl (C=O) groups excluding carboxylic acids is 1. The first-order valence-corrected chi connectivity index (χ1v) is 8.13. The predicted octanol–water partition coefficient (Wildman–Crippen LogP) is 2.18. The topological polar surface area (TPSA) is 89.3 Å². The van der Waals surface area contributed by atoms with E-state index >= 15 is 0 Å². The third-order valence-electron chi connectivity index (χ3n) is 2.81. The van der Waals surface area contributed by atoms with Gasteiger partial charge >= 0.3 is 0 Å². The number of sulfone groups is 1. The minimum atomic E-state index is -3.34. The molecule has 2 aromatic rings. The molecule has 0 unspecified atom stereocenters. The largest absolute Gasteiger partial charge is 0.360 e. The maximum Gasteiger partial charge on any atom is 0.225 e. The standard InChI is InChI=1S/C14H16N2O4S/c1-11-10-13(16-20-11)15-14(17)8-5-9-21(18,19)12-6-3-2-4-7-12/h2-4,6-7,10H,5,8-9H2,1H3,(H,15,16,17). The van der Waals surface area contributed by atoms with E-state index in [0.717, 1.165) is 0 Å². The molecule has 0 radical (unpaired) electrons. The highest BCUT2D eigenvalue weighted by Crippen LogP contribution is 2.13. The molecule has 1 N–H and O–H groups in total. The van der Waals surface area contributed by atoms with Crippen LogP contribution in [0.2, 0.25) is 0 Å². The van der Waals surface area contributed by atoms with Gasteiger partial charge in [0.15, 0.2) is 15.7 Å². The summed E-state index contributed by atoms with van der Waals surface area (Å²) in [5.74, 6) is 0.578. The van der Waals surface area contributed by atoms with Crippen LogP contribution >= 0.6 is 0 Å². The van der Waals surface area contributed by atoms with Gasteiger partial charge < -0.3 is 9.84 Å². The van der Waals surface area contributed by atoms with Crippen molar-refractivity contribution in [3.8, 4) is 0 Å². The molecule has 112 valence electrons. The third kappa shape index (κ3) is 4.42. The molecule has 1 aromatic heterocycles. The molecule has 0 spiro atoms. The molecule has 6 nitrogen and oxygen atoms in total. The highest BCUT2D eigenvalue weighted by molar-refractivity contribution is 7.91. The number of nitrogens with one attached hydrogen (secondary N) is 1. The van der Waals surface area contributed by atoms with Gasteiger partial charge in [-0.2, -0.15) is 0 Å². The summed E-state index contributed by atoms with van der Waals surface area (Å²) in [6.45, 7) is 1.72. The van der Waals surface area contributed by atoms with Crippen molar-refractivity contribution in [3.05, 3.63) is 42.2 Å². The van der Waals surface area contributed by atoms with Gasteiger partial charge in [0.2, 0.25) is 5.91 Å². The van der Waals surface area contributed by atoms with Crippen LogP contribution in [-0.2, 0) is 14.6 Å². The van der Waals surface area contributed by atoms with Crippen LogP contribution in [0.15, 0.2) is 45.8 Å². The van der Waals surface area contributed by atoms with Crippen molar-refractivity contribution >= 4 is 21.6 Å². The fourth-order valence-corrected chi connectivity index (χ4v) is 3.13.